The van der Waals surface area contributed by atoms with E-state index in [1.165, 1.54) is 12.8 Å². The molecule has 0 saturated heterocycles. The molecule has 0 bridgehead atoms. The second kappa shape index (κ2) is 8.05. The van der Waals surface area contributed by atoms with Crippen LogP contribution in [0.1, 0.15) is 36.8 Å². The zero-order valence-corrected chi connectivity index (χ0v) is 15.7. The zero-order valence-electron chi connectivity index (χ0n) is 14.9. The van der Waals surface area contributed by atoms with Gasteiger partial charge in [-0.25, -0.2) is 0 Å². The summed E-state index contributed by atoms with van der Waals surface area (Å²) in [6.07, 6.45) is 7.59. The second-order valence-electron chi connectivity index (χ2n) is 6.90. The average Bonchev–Trinajstić information content (AvgIpc) is 3.21. The lowest BCUT2D eigenvalue weighted by molar-refractivity contribution is -0.105. The second-order valence-corrected chi connectivity index (χ2v) is 7.31. The first kappa shape index (κ1) is 17.9. The van der Waals surface area contributed by atoms with E-state index in [-0.39, 0.29) is 12.7 Å². The maximum absolute atomic E-state index is 10.9. The molecule has 1 aliphatic carbocycles. The Morgan fingerprint density at radius 2 is 2.00 bits per heavy atom. The van der Waals surface area contributed by atoms with Crippen LogP contribution in [0.15, 0.2) is 42.0 Å². The Morgan fingerprint density at radius 3 is 2.78 bits per heavy atom. The minimum Gasteiger partial charge on any atom is -0.489 e. The summed E-state index contributed by atoms with van der Waals surface area (Å²) in [5.74, 6) is 2.17. The summed E-state index contributed by atoms with van der Waals surface area (Å²) < 4.78 is 17.5. The first-order chi connectivity index (χ1) is 13.2. The molecular formula is C22H21ClO4. The summed E-state index contributed by atoms with van der Waals surface area (Å²) in [7, 11) is 0. The topological polar surface area (TPSA) is 44.8 Å². The number of carbonyl (C=O) groups excluding carboxylic acids is 1. The van der Waals surface area contributed by atoms with Gasteiger partial charge in [-0.15, -0.1) is 0 Å². The van der Waals surface area contributed by atoms with Crippen LogP contribution in [0.4, 0.5) is 0 Å². The third kappa shape index (κ3) is 4.28. The van der Waals surface area contributed by atoms with E-state index in [1.807, 2.05) is 42.5 Å². The van der Waals surface area contributed by atoms with Crippen LogP contribution < -0.4 is 14.2 Å². The molecule has 1 aliphatic heterocycles. The fraction of sp³-hybridized carbons (Fsp3) is 0.318. The van der Waals surface area contributed by atoms with E-state index in [0.717, 1.165) is 41.8 Å². The monoisotopic (exact) mass is 384 g/mol. The molecule has 0 radical (unpaired) electrons. The molecule has 0 atom stereocenters. The Kier molecular flexibility index (Phi) is 5.35. The van der Waals surface area contributed by atoms with Crippen molar-refractivity contribution in [1.29, 1.82) is 0 Å². The third-order valence-electron chi connectivity index (χ3n) is 4.87. The highest BCUT2D eigenvalue weighted by Crippen LogP contribution is 2.32. The van der Waals surface area contributed by atoms with Crippen LogP contribution in [-0.2, 0) is 11.4 Å². The number of rotatable bonds is 6. The van der Waals surface area contributed by atoms with Crippen LogP contribution in [0.25, 0.3) is 6.08 Å². The Morgan fingerprint density at radius 1 is 1.15 bits per heavy atom. The summed E-state index contributed by atoms with van der Waals surface area (Å²) in [5.41, 5.74) is 2.48. The van der Waals surface area contributed by atoms with Gasteiger partial charge >= 0.3 is 0 Å². The van der Waals surface area contributed by atoms with Gasteiger partial charge in [0, 0.05) is 17.2 Å². The maximum atomic E-state index is 10.9. The van der Waals surface area contributed by atoms with Crippen LogP contribution in [0.2, 0.25) is 5.02 Å². The predicted molar refractivity (Wildman–Crippen MR) is 105 cm³/mol. The highest BCUT2D eigenvalue weighted by molar-refractivity contribution is 6.32. The average molecular weight is 385 g/mol. The van der Waals surface area contributed by atoms with Gasteiger partial charge in [-0.2, -0.15) is 0 Å². The van der Waals surface area contributed by atoms with Gasteiger partial charge in [0.2, 0.25) is 0 Å². The minimum atomic E-state index is 0.286. The molecule has 2 aliphatic rings. The van der Waals surface area contributed by atoms with Gasteiger partial charge in [-0.05, 0) is 61.6 Å². The van der Waals surface area contributed by atoms with Crippen molar-refractivity contribution in [2.24, 2.45) is 0 Å². The van der Waals surface area contributed by atoms with Gasteiger partial charge in [-0.3, -0.25) is 4.79 Å². The molecule has 0 aromatic heterocycles. The lowest BCUT2D eigenvalue weighted by atomic mass is 10.1. The molecule has 0 unspecified atom stereocenters. The van der Waals surface area contributed by atoms with Crippen molar-refractivity contribution in [3.8, 4) is 17.2 Å². The number of benzene rings is 2. The number of halogens is 1. The van der Waals surface area contributed by atoms with Crippen molar-refractivity contribution in [3.63, 3.8) is 0 Å². The van der Waals surface area contributed by atoms with Gasteiger partial charge in [-0.1, -0.05) is 17.7 Å². The van der Waals surface area contributed by atoms with Crippen LogP contribution >= 0.6 is 11.6 Å². The third-order valence-corrected chi connectivity index (χ3v) is 5.16. The van der Waals surface area contributed by atoms with Crippen molar-refractivity contribution >= 4 is 24.0 Å². The molecule has 0 spiro atoms. The lowest BCUT2D eigenvalue weighted by Crippen LogP contribution is -2.11. The molecular weight excluding hydrogens is 364 g/mol. The van der Waals surface area contributed by atoms with Crippen LogP contribution in [0.5, 0.6) is 17.2 Å². The molecule has 1 heterocycles. The molecule has 1 saturated carbocycles. The van der Waals surface area contributed by atoms with Crippen molar-refractivity contribution < 1.29 is 19.0 Å². The molecule has 0 amide bonds. The fourth-order valence-electron chi connectivity index (χ4n) is 3.40. The molecule has 1 fully saturated rings. The van der Waals surface area contributed by atoms with Crippen molar-refractivity contribution in [1.82, 2.24) is 0 Å². The highest BCUT2D eigenvalue weighted by Gasteiger charge is 2.18. The normalized spacial score (nSPS) is 16.3. The molecule has 0 N–H and O–H groups in total. The Bertz CT molecular complexity index is 869. The van der Waals surface area contributed by atoms with E-state index < -0.39 is 0 Å². The number of aldehydes is 1. The minimum absolute atomic E-state index is 0.286. The van der Waals surface area contributed by atoms with Gasteiger partial charge < -0.3 is 14.2 Å². The van der Waals surface area contributed by atoms with E-state index in [4.69, 9.17) is 25.8 Å². The summed E-state index contributed by atoms with van der Waals surface area (Å²) in [5, 5.41) is 0.614. The van der Waals surface area contributed by atoms with Crippen molar-refractivity contribution in [3.05, 3.63) is 58.1 Å². The van der Waals surface area contributed by atoms with E-state index in [0.29, 0.717) is 23.0 Å². The van der Waals surface area contributed by atoms with Crippen molar-refractivity contribution in [2.45, 2.75) is 38.4 Å². The van der Waals surface area contributed by atoms with Gasteiger partial charge in [0.15, 0.2) is 0 Å². The van der Waals surface area contributed by atoms with Crippen LogP contribution in [0, 0.1) is 0 Å². The summed E-state index contributed by atoms with van der Waals surface area (Å²) in [6.45, 7) is 0.690. The highest BCUT2D eigenvalue weighted by atomic mass is 35.5. The number of carbonyl (C=O) groups is 1. The Hall–Kier alpha value is -2.46. The zero-order chi connectivity index (χ0) is 18.6. The number of fused-ring (bicyclic) bond motifs is 1. The lowest BCUT2D eigenvalue weighted by Gasteiger charge is -2.17. The van der Waals surface area contributed by atoms with Crippen LogP contribution in [-0.4, -0.2) is 19.0 Å². The SMILES string of the molecule is O=CC1=Cc2ccc(OCc3ccc(OC4CCCC4)c(Cl)c3)cc2OC1. The summed E-state index contributed by atoms with van der Waals surface area (Å²) in [4.78, 5) is 10.9. The van der Waals surface area contributed by atoms with Gasteiger partial charge in [0.05, 0.1) is 11.1 Å². The number of hydrogen-bond acceptors (Lipinski definition) is 4. The molecule has 140 valence electrons. The summed E-state index contributed by atoms with van der Waals surface area (Å²) >= 11 is 6.38. The first-order valence-corrected chi connectivity index (χ1v) is 9.59. The van der Waals surface area contributed by atoms with Gasteiger partial charge in [0.25, 0.3) is 0 Å². The molecule has 4 nitrogen and oxygen atoms in total. The first-order valence-electron chi connectivity index (χ1n) is 9.22. The quantitative estimate of drug-likeness (QED) is 0.641. The standard InChI is InChI=1S/C22H21ClO4/c23-20-10-15(5-8-21(20)27-18-3-1-2-4-18)13-25-19-7-6-17-9-16(12-24)14-26-22(17)11-19/h5-12,18H,1-4,13-14H2. The molecule has 2 aromatic rings. The van der Waals surface area contributed by atoms with Crippen LogP contribution in [0.3, 0.4) is 0 Å². The van der Waals surface area contributed by atoms with Crippen molar-refractivity contribution in [2.75, 3.05) is 6.61 Å². The predicted octanol–water partition coefficient (Wildman–Crippen LogP) is 5.22. The van der Waals surface area contributed by atoms with E-state index >= 15 is 0 Å². The molecule has 5 heteroatoms. The summed E-state index contributed by atoms with van der Waals surface area (Å²) in [6, 6.07) is 11.4. The largest absolute Gasteiger partial charge is 0.489 e. The Balaban J connectivity index is 1.39. The number of ether oxygens (including phenoxy) is 3. The smallest absolute Gasteiger partial charge is 0.149 e. The Labute approximate surface area is 163 Å². The van der Waals surface area contributed by atoms with Gasteiger partial charge in [0.1, 0.15) is 36.7 Å². The fourth-order valence-corrected chi connectivity index (χ4v) is 3.65. The van der Waals surface area contributed by atoms with E-state index in [9.17, 15) is 4.79 Å². The number of hydrogen-bond donors (Lipinski definition) is 0. The molecule has 2 aromatic carbocycles. The molecule has 27 heavy (non-hydrogen) atoms. The molecule has 4 rings (SSSR count). The van der Waals surface area contributed by atoms with E-state index in [1.54, 1.807) is 0 Å². The van der Waals surface area contributed by atoms with E-state index in [2.05, 4.69) is 0 Å². The maximum Gasteiger partial charge on any atom is 0.149 e.